The molecule has 0 fully saturated rings. The molecule has 1 heterocycles. The molecule has 0 saturated carbocycles. The molecule has 2 aromatic rings. The maximum atomic E-state index is 11.1. The molecule has 0 aliphatic heterocycles. The zero-order valence-electron chi connectivity index (χ0n) is 22.5. The molecule has 208 valence electrons. The summed E-state index contributed by atoms with van der Waals surface area (Å²) >= 11 is 0. The molecule has 1 aromatic carbocycles. The number of carbonyl (C=O) groups is 1. The second-order valence-corrected chi connectivity index (χ2v) is 9.77. The van der Waals surface area contributed by atoms with Crippen LogP contribution in [0, 0.1) is 0 Å². The van der Waals surface area contributed by atoms with Gasteiger partial charge in [-0.15, -0.1) is 0 Å². The van der Waals surface area contributed by atoms with E-state index in [1.807, 2.05) is 18.2 Å². The van der Waals surface area contributed by atoms with Crippen molar-refractivity contribution in [2.24, 2.45) is 0 Å². The molecular weight excluding hydrogens is 544 g/mol. The van der Waals surface area contributed by atoms with Gasteiger partial charge in [-0.25, -0.2) is 5.10 Å². The summed E-state index contributed by atoms with van der Waals surface area (Å²) in [6.07, 6.45) is 27.4. The smallest absolute Gasteiger partial charge is 0.550 e. The standard InChI is InChI=1S/C22H44O2.C8H6N2O.Ag/c1-2-3-4-5-6-7-8-9-10-11-12-13-14-15-16-17-18-19-20-21-22(23)24;11-8-7-4-2-1-3-6(7)5-9-10-8;/h2-21H2,1H3,(H,23,24);1-5H,(H,10,11);/q;;+1/p-1. The van der Waals surface area contributed by atoms with Crippen LogP contribution >= 0.6 is 0 Å². The SMILES string of the molecule is CCCCCCCCCCCCCCCCCCCCCC(=O)[O-].O=c1[nH]ncc2ccccc12.[Ag+]. The number of carboxylic acid groups (broad SMARTS) is 1. The predicted molar refractivity (Wildman–Crippen MR) is 145 cm³/mol. The number of aromatic nitrogens is 2. The van der Waals surface area contributed by atoms with Crippen molar-refractivity contribution < 1.29 is 32.3 Å². The fourth-order valence-electron chi connectivity index (χ4n) is 4.38. The Morgan fingerprint density at radius 3 is 1.56 bits per heavy atom. The first-order chi connectivity index (χ1) is 17.1. The van der Waals surface area contributed by atoms with Crippen LogP contribution in [0.5, 0.6) is 0 Å². The van der Waals surface area contributed by atoms with Gasteiger partial charge in [0.1, 0.15) is 0 Å². The van der Waals surface area contributed by atoms with Crippen molar-refractivity contribution in [3.63, 3.8) is 0 Å². The molecule has 36 heavy (non-hydrogen) atoms. The molecule has 5 nitrogen and oxygen atoms in total. The Labute approximate surface area is 234 Å². The quantitative estimate of drug-likeness (QED) is 0.127. The van der Waals surface area contributed by atoms with Crippen molar-refractivity contribution in [2.45, 2.75) is 135 Å². The molecule has 1 N–H and O–H groups in total. The van der Waals surface area contributed by atoms with E-state index in [1.54, 1.807) is 12.3 Å². The fraction of sp³-hybridized carbons (Fsp3) is 0.700. The van der Waals surface area contributed by atoms with E-state index in [2.05, 4.69) is 17.1 Å². The molecule has 0 amide bonds. The van der Waals surface area contributed by atoms with E-state index in [-0.39, 0.29) is 34.4 Å². The van der Waals surface area contributed by atoms with Gasteiger partial charge in [0.2, 0.25) is 0 Å². The third kappa shape index (κ3) is 19.7. The van der Waals surface area contributed by atoms with E-state index < -0.39 is 5.97 Å². The maximum Gasteiger partial charge on any atom is 1.00 e. The molecule has 6 heteroatoms. The normalized spacial score (nSPS) is 10.5. The number of nitrogens with zero attached hydrogens (tertiary/aromatic N) is 1. The number of hydrogen-bond acceptors (Lipinski definition) is 4. The molecule has 0 radical (unpaired) electrons. The largest absolute Gasteiger partial charge is 1.00 e. The molecular formula is C30H49AgN2O3. The Bertz CT molecular complexity index is 820. The average molecular weight is 594 g/mol. The number of hydrogen-bond donors (Lipinski definition) is 1. The number of carboxylic acids is 1. The van der Waals surface area contributed by atoms with Crippen LogP contribution < -0.4 is 10.7 Å². The zero-order chi connectivity index (χ0) is 25.4. The van der Waals surface area contributed by atoms with Gasteiger partial charge in [0.15, 0.2) is 0 Å². The van der Waals surface area contributed by atoms with E-state index in [0.29, 0.717) is 5.39 Å². The molecule has 0 saturated heterocycles. The maximum absolute atomic E-state index is 11.1. The summed E-state index contributed by atoms with van der Waals surface area (Å²) in [4.78, 5) is 21.3. The number of H-pyrrole nitrogens is 1. The van der Waals surface area contributed by atoms with Gasteiger partial charge in [0.25, 0.3) is 5.56 Å². The van der Waals surface area contributed by atoms with Gasteiger partial charge in [-0.1, -0.05) is 141 Å². The number of carbonyl (C=O) groups excluding carboxylic acids is 1. The number of aromatic amines is 1. The summed E-state index contributed by atoms with van der Waals surface area (Å²) in [6, 6.07) is 7.34. The summed E-state index contributed by atoms with van der Waals surface area (Å²) < 4.78 is 0. The molecule has 0 unspecified atom stereocenters. The Morgan fingerprint density at radius 1 is 0.722 bits per heavy atom. The van der Waals surface area contributed by atoms with Crippen LogP contribution in [-0.4, -0.2) is 16.2 Å². The van der Waals surface area contributed by atoms with Crippen LogP contribution in [0.2, 0.25) is 0 Å². The van der Waals surface area contributed by atoms with E-state index >= 15 is 0 Å². The number of aliphatic carboxylic acids is 1. The third-order valence-electron chi connectivity index (χ3n) is 6.56. The fourth-order valence-corrected chi connectivity index (χ4v) is 4.38. The van der Waals surface area contributed by atoms with Gasteiger partial charge in [0.05, 0.1) is 6.20 Å². The predicted octanol–water partition coefficient (Wildman–Crippen LogP) is 7.48. The second kappa shape index (κ2) is 25.2. The van der Waals surface area contributed by atoms with Crippen LogP contribution in [0.15, 0.2) is 35.3 Å². The first kappa shape index (κ1) is 34.6. The Hall–Kier alpha value is -1.43. The summed E-state index contributed by atoms with van der Waals surface area (Å²) in [7, 11) is 0. The van der Waals surface area contributed by atoms with E-state index in [0.717, 1.165) is 18.2 Å². The van der Waals surface area contributed by atoms with Crippen molar-refractivity contribution in [3.05, 3.63) is 40.8 Å². The Kier molecular flexibility index (Phi) is 24.2. The van der Waals surface area contributed by atoms with Crippen LogP contribution in [0.4, 0.5) is 0 Å². The minimum atomic E-state index is -0.901. The molecule has 0 aliphatic carbocycles. The zero-order valence-corrected chi connectivity index (χ0v) is 24.0. The minimum Gasteiger partial charge on any atom is -0.550 e. The second-order valence-electron chi connectivity index (χ2n) is 9.77. The number of unbranched alkanes of at least 4 members (excludes halogenated alkanes) is 18. The van der Waals surface area contributed by atoms with Crippen molar-refractivity contribution >= 4 is 16.7 Å². The van der Waals surface area contributed by atoms with E-state index in [9.17, 15) is 14.7 Å². The molecule has 2 rings (SSSR count). The van der Waals surface area contributed by atoms with Crippen molar-refractivity contribution in [2.75, 3.05) is 0 Å². The monoisotopic (exact) mass is 592 g/mol. The van der Waals surface area contributed by atoms with Crippen molar-refractivity contribution in [1.29, 1.82) is 0 Å². The first-order valence-electron chi connectivity index (χ1n) is 14.3. The van der Waals surface area contributed by atoms with Gasteiger partial charge in [-0.3, -0.25) is 4.79 Å². The number of nitrogens with one attached hydrogen (secondary N) is 1. The van der Waals surface area contributed by atoms with Gasteiger partial charge in [-0.05, 0) is 18.9 Å². The molecule has 0 aliphatic rings. The first-order valence-corrected chi connectivity index (χ1v) is 14.3. The average Bonchev–Trinajstić information content (AvgIpc) is 2.86. The summed E-state index contributed by atoms with van der Waals surface area (Å²) in [5.41, 5.74) is -0.136. The van der Waals surface area contributed by atoms with E-state index in [1.165, 1.54) is 109 Å². The minimum absolute atomic E-state index is 0. The molecule has 0 atom stereocenters. The van der Waals surface area contributed by atoms with Crippen LogP contribution in [0.3, 0.4) is 0 Å². The Balaban J connectivity index is 0.000000839. The summed E-state index contributed by atoms with van der Waals surface area (Å²) in [6.45, 7) is 2.28. The van der Waals surface area contributed by atoms with Gasteiger partial charge < -0.3 is 9.90 Å². The summed E-state index contributed by atoms with van der Waals surface area (Å²) in [5, 5.41) is 17.9. The van der Waals surface area contributed by atoms with Crippen molar-refractivity contribution in [1.82, 2.24) is 10.2 Å². The molecule has 0 bridgehead atoms. The van der Waals surface area contributed by atoms with Gasteiger partial charge >= 0.3 is 22.4 Å². The number of benzene rings is 1. The number of fused-ring (bicyclic) bond motifs is 1. The van der Waals surface area contributed by atoms with Crippen LogP contribution in [0.25, 0.3) is 10.8 Å². The van der Waals surface area contributed by atoms with Gasteiger partial charge in [-0.2, -0.15) is 5.10 Å². The van der Waals surface area contributed by atoms with Crippen LogP contribution in [0.1, 0.15) is 135 Å². The summed E-state index contributed by atoms with van der Waals surface area (Å²) in [5.74, 6) is -0.901. The molecule has 1 aromatic heterocycles. The number of rotatable bonds is 20. The van der Waals surface area contributed by atoms with E-state index in [4.69, 9.17) is 0 Å². The Morgan fingerprint density at radius 2 is 1.14 bits per heavy atom. The van der Waals surface area contributed by atoms with Crippen LogP contribution in [-0.2, 0) is 27.2 Å². The van der Waals surface area contributed by atoms with Gasteiger partial charge in [0, 0.05) is 16.7 Å². The van der Waals surface area contributed by atoms with Crippen molar-refractivity contribution in [3.8, 4) is 0 Å². The molecule has 0 spiro atoms. The third-order valence-corrected chi connectivity index (χ3v) is 6.56. The topological polar surface area (TPSA) is 85.9 Å².